The van der Waals surface area contributed by atoms with Gasteiger partial charge in [-0.25, -0.2) is 0 Å². The lowest BCUT2D eigenvalue weighted by molar-refractivity contribution is -0.128. The molecule has 26 heavy (non-hydrogen) atoms. The van der Waals surface area contributed by atoms with Crippen molar-refractivity contribution in [3.63, 3.8) is 0 Å². The monoisotopic (exact) mass is 357 g/mol. The number of carbonyl (C=O) groups is 1. The third-order valence-corrected chi connectivity index (χ3v) is 3.88. The molecular weight excluding hydrogens is 330 g/mol. The zero-order valence-corrected chi connectivity index (χ0v) is 15.8. The van der Waals surface area contributed by atoms with E-state index in [9.17, 15) is 4.79 Å². The molecule has 0 unspecified atom stereocenters. The molecule has 0 saturated carbocycles. The van der Waals surface area contributed by atoms with Gasteiger partial charge in [-0.05, 0) is 62.2 Å². The van der Waals surface area contributed by atoms with Crippen molar-refractivity contribution in [3.8, 4) is 17.2 Å². The van der Waals surface area contributed by atoms with Gasteiger partial charge in [0.05, 0.1) is 13.2 Å². The maximum atomic E-state index is 12.5. The molecular formula is C21H27NO4. The summed E-state index contributed by atoms with van der Waals surface area (Å²) in [6, 6.07) is 14.9. The Morgan fingerprint density at radius 2 is 1.77 bits per heavy atom. The number of hydrogen-bond acceptors (Lipinski definition) is 4. The largest absolute Gasteiger partial charge is 0.497 e. The van der Waals surface area contributed by atoms with Crippen molar-refractivity contribution in [1.29, 1.82) is 0 Å². The third-order valence-electron chi connectivity index (χ3n) is 3.88. The Morgan fingerprint density at radius 3 is 2.38 bits per heavy atom. The number of ether oxygens (including phenoxy) is 3. The maximum absolute atomic E-state index is 12.5. The van der Waals surface area contributed by atoms with E-state index in [2.05, 4.69) is 5.32 Å². The van der Waals surface area contributed by atoms with Gasteiger partial charge in [0.15, 0.2) is 6.10 Å². The Labute approximate surface area is 155 Å². The molecule has 0 bridgehead atoms. The third kappa shape index (κ3) is 5.99. The predicted molar refractivity (Wildman–Crippen MR) is 102 cm³/mol. The van der Waals surface area contributed by atoms with Crippen LogP contribution in [0.25, 0.3) is 0 Å². The molecule has 0 aliphatic heterocycles. The molecule has 1 amide bonds. The number of nitrogens with one attached hydrogen (secondary N) is 1. The standard InChI is InChI=1S/C21H27NO4/c1-5-20(26-19-8-6-7-15(2)13-19)21(23)22-16(3)14-25-18-11-9-17(24-4)10-12-18/h6-13,16,20H,5,14H2,1-4H3,(H,22,23)/t16-,20+/m1/s1. The average Bonchev–Trinajstić information content (AvgIpc) is 2.64. The van der Waals surface area contributed by atoms with Gasteiger partial charge >= 0.3 is 0 Å². The lowest BCUT2D eigenvalue weighted by Gasteiger charge is -2.21. The fraction of sp³-hybridized carbons (Fsp3) is 0.381. The summed E-state index contributed by atoms with van der Waals surface area (Å²) < 4.78 is 16.6. The van der Waals surface area contributed by atoms with Crippen molar-refractivity contribution in [2.75, 3.05) is 13.7 Å². The smallest absolute Gasteiger partial charge is 0.261 e. The highest BCUT2D eigenvalue weighted by molar-refractivity contribution is 5.81. The van der Waals surface area contributed by atoms with Crippen LogP contribution < -0.4 is 19.5 Å². The molecule has 2 aromatic rings. The minimum absolute atomic E-state index is 0.139. The Bertz CT molecular complexity index is 699. The van der Waals surface area contributed by atoms with Gasteiger partial charge in [0.1, 0.15) is 23.9 Å². The summed E-state index contributed by atoms with van der Waals surface area (Å²) in [5.41, 5.74) is 1.10. The summed E-state index contributed by atoms with van der Waals surface area (Å²) in [5.74, 6) is 2.07. The van der Waals surface area contributed by atoms with Crippen molar-refractivity contribution < 1.29 is 19.0 Å². The Hall–Kier alpha value is -2.69. The van der Waals surface area contributed by atoms with Gasteiger partial charge in [-0.2, -0.15) is 0 Å². The second kappa shape index (κ2) is 9.70. The molecule has 0 radical (unpaired) electrons. The second-order valence-electron chi connectivity index (χ2n) is 6.23. The average molecular weight is 357 g/mol. The number of aryl methyl sites for hydroxylation is 1. The SMILES string of the molecule is CC[C@H](Oc1cccc(C)c1)C(=O)N[C@H](C)COc1ccc(OC)cc1. The molecule has 1 N–H and O–H groups in total. The van der Waals surface area contributed by atoms with Crippen LogP contribution in [0.4, 0.5) is 0 Å². The van der Waals surface area contributed by atoms with Crippen molar-refractivity contribution in [1.82, 2.24) is 5.32 Å². The first kappa shape index (κ1) is 19.6. The van der Waals surface area contributed by atoms with E-state index in [-0.39, 0.29) is 11.9 Å². The molecule has 0 spiro atoms. The Kier molecular flexibility index (Phi) is 7.33. The van der Waals surface area contributed by atoms with Crippen LogP contribution in [0.2, 0.25) is 0 Å². The second-order valence-corrected chi connectivity index (χ2v) is 6.23. The van der Waals surface area contributed by atoms with Crippen molar-refractivity contribution >= 4 is 5.91 Å². The number of amides is 1. The normalized spacial score (nSPS) is 12.8. The summed E-state index contributed by atoms with van der Waals surface area (Å²) >= 11 is 0. The van der Waals surface area contributed by atoms with E-state index in [0.717, 1.165) is 17.1 Å². The van der Waals surface area contributed by atoms with E-state index < -0.39 is 6.10 Å². The van der Waals surface area contributed by atoms with Gasteiger partial charge in [-0.3, -0.25) is 4.79 Å². The van der Waals surface area contributed by atoms with E-state index in [4.69, 9.17) is 14.2 Å². The van der Waals surface area contributed by atoms with Crippen LogP contribution in [0, 0.1) is 6.92 Å². The van der Waals surface area contributed by atoms with E-state index in [1.165, 1.54) is 0 Å². The fourth-order valence-corrected chi connectivity index (χ4v) is 2.45. The molecule has 2 aromatic carbocycles. The van der Waals surface area contributed by atoms with Gasteiger partial charge in [-0.1, -0.05) is 19.1 Å². The van der Waals surface area contributed by atoms with E-state index in [1.54, 1.807) is 7.11 Å². The van der Waals surface area contributed by atoms with Crippen molar-refractivity contribution in [3.05, 3.63) is 54.1 Å². The molecule has 5 nitrogen and oxygen atoms in total. The molecule has 0 aliphatic rings. The van der Waals surface area contributed by atoms with Crippen LogP contribution >= 0.6 is 0 Å². The molecule has 0 heterocycles. The van der Waals surface area contributed by atoms with Crippen LogP contribution in [-0.2, 0) is 4.79 Å². The van der Waals surface area contributed by atoms with Gasteiger partial charge < -0.3 is 19.5 Å². The molecule has 0 saturated heterocycles. The highest BCUT2D eigenvalue weighted by Gasteiger charge is 2.20. The lowest BCUT2D eigenvalue weighted by Crippen LogP contribution is -2.44. The summed E-state index contributed by atoms with van der Waals surface area (Å²) in [5, 5.41) is 2.94. The molecule has 0 fully saturated rings. The highest BCUT2D eigenvalue weighted by atomic mass is 16.5. The molecule has 140 valence electrons. The predicted octanol–water partition coefficient (Wildman–Crippen LogP) is 3.74. The number of methoxy groups -OCH3 is 1. The zero-order chi connectivity index (χ0) is 18.9. The van der Waals surface area contributed by atoms with E-state index in [0.29, 0.717) is 18.8 Å². The summed E-state index contributed by atoms with van der Waals surface area (Å²) in [6.45, 7) is 6.20. The first-order valence-corrected chi connectivity index (χ1v) is 8.82. The number of benzene rings is 2. The number of hydrogen-bond donors (Lipinski definition) is 1. The summed E-state index contributed by atoms with van der Waals surface area (Å²) in [7, 11) is 1.62. The molecule has 0 aliphatic carbocycles. The minimum atomic E-state index is -0.528. The Morgan fingerprint density at radius 1 is 1.08 bits per heavy atom. The quantitative estimate of drug-likeness (QED) is 0.743. The topological polar surface area (TPSA) is 56.8 Å². The molecule has 0 aromatic heterocycles. The molecule has 2 atom stereocenters. The highest BCUT2D eigenvalue weighted by Crippen LogP contribution is 2.17. The molecule has 5 heteroatoms. The van der Waals surface area contributed by atoms with Gasteiger partial charge in [0.2, 0.25) is 0 Å². The van der Waals surface area contributed by atoms with E-state index >= 15 is 0 Å². The lowest BCUT2D eigenvalue weighted by atomic mass is 10.2. The zero-order valence-electron chi connectivity index (χ0n) is 15.8. The van der Waals surface area contributed by atoms with Gasteiger partial charge in [0.25, 0.3) is 5.91 Å². The van der Waals surface area contributed by atoms with Crippen molar-refractivity contribution in [2.45, 2.75) is 39.3 Å². The minimum Gasteiger partial charge on any atom is -0.497 e. The summed E-state index contributed by atoms with van der Waals surface area (Å²) in [4.78, 5) is 12.5. The van der Waals surface area contributed by atoms with Crippen LogP contribution in [-0.4, -0.2) is 31.8 Å². The van der Waals surface area contributed by atoms with Crippen LogP contribution in [0.15, 0.2) is 48.5 Å². The first-order valence-electron chi connectivity index (χ1n) is 8.82. The van der Waals surface area contributed by atoms with Gasteiger partial charge in [0, 0.05) is 0 Å². The van der Waals surface area contributed by atoms with Crippen LogP contribution in [0.3, 0.4) is 0 Å². The van der Waals surface area contributed by atoms with Crippen molar-refractivity contribution in [2.24, 2.45) is 0 Å². The fourth-order valence-electron chi connectivity index (χ4n) is 2.45. The first-order chi connectivity index (χ1) is 12.5. The van der Waals surface area contributed by atoms with Crippen LogP contribution in [0.5, 0.6) is 17.2 Å². The number of rotatable bonds is 9. The van der Waals surface area contributed by atoms with Crippen LogP contribution in [0.1, 0.15) is 25.8 Å². The van der Waals surface area contributed by atoms with E-state index in [1.807, 2.05) is 69.3 Å². The van der Waals surface area contributed by atoms with Gasteiger partial charge in [-0.15, -0.1) is 0 Å². The molecule has 2 rings (SSSR count). The number of carbonyl (C=O) groups excluding carboxylic acids is 1. The Balaban J connectivity index is 1.83. The maximum Gasteiger partial charge on any atom is 0.261 e. The summed E-state index contributed by atoms with van der Waals surface area (Å²) in [6.07, 6.45) is 0.0616.